The van der Waals surface area contributed by atoms with Crippen molar-refractivity contribution in [3.05, 3.63) is 0 Å². The van der Waals surface area contributed by atoms with E-state index in [4.69, 9.17) is 9.47 Å². The molecular weight excluding hydrogens is 536 g/mol. The van der Waals surface area contributed by atoms with Crippen molar-refractivity contribution < 1.29 is 24.2 Å². The third kappa shape index (κ3) is 35.3. The Morgan fingerprint density at radius 3 is 0.977 bits per heavy atom. The summed E-state index contributed by atoms with van der Waals surface area (Å²) in [5, 5.41) is 9.88. The molecule has 5 heteroatoms. The second-order valence-corrected chi connectivity index (χ2v) is 13.0. The Balaban J connectivity index is 3.38. The first-order chi connectivity index (χ1) is 21.1. The van der Waals surface area contributed by atoms with Gasteiger partial charge >= 0.3 is 11.9 Å². The highest BCUT2D eigenvalue weighted by Crippen LogP contribution is 2.15. The molecule has 0 aliphatic carbocycles. The van der Waals surface area contributed by atoms with Crippen molar-refractivity contribution in [2.45, 2.75) is 226 Å². The second kappa shape index (κ2) is 35.4. The van der Waals surface area contributed by atoms with E-state index in [1.54, 1.807) is 0 Å². The average molecular weight is 611 g/mol. The number of aliphatic hydroxyl groups excluding tert-OH is 1. The summed E-state index contributed by atoms with van der Waals surface area (Å²) in [5.74, 6) is -0.743. The first kappa shape index (κ1) is 41.9. The first-order valence-electron chi connectivity index (χ1n) is 19.1. The molecule has 5 nitrogen and oxygen atoms in total. The van der Waals surface area contributed by atoms with Gasteiger partial charge in [-0.15, -0.1) is 0 Å². The summed E-state index contributed by atoms with van der Waals surface area (Å²) in [6.07, 6.45) is 37.8. The van der Waals surface area contributed by atoms with Crippen LogP contribution in [0.4, 0.5) is 0 Å². The van der Waals surface area contributed by atoms with Gasteiger partial charge in [-0.25, -0.2) is 0 Å². The van der Waals surface area contributed by atoms with Crippen LogP contribution in [-0.4, -0.2) is 29.9 Å². The Bertz CT molecular complexity index is 579. The molecule has 1 atom stereocenters. The van der Waals surface area contributed by atoms with Gasteiger partial charge in [-0.1, -0.05) is 194 Å². The van der Waals surface area contributed by atoms with Gasteiger partial charge in [0.15, 0.2) is 6.61 Å². The quantitative estimate of drug-likeness (QED) is 0.0439. The van der Waals surface area contributed by atoms with Crippen LogP contribution in [0.5, 0.6) is 0 Å². The molecule has 0 radical (unpaired) electrons. The van der Waals surface area contributed by atoms with E-state index in [-0.39, 0.29) is 12.6 Å². The maximum Gasteiger partial charge on any atom is 0.308 e. The molecule has 43 heavy (non-hydrogen) atoms. The topological polar surface area (TPSA) is 72.8 Å². The average Bonchev–Trinajstić information content (AvgIpc) is 3.00. The molecule has 0 aromatic carbocycles. The van der Waals surface area contributed by atoms with Crippen molar-refractivity contribution >= 4 is 11.9 Å². The predicted molar refractivity (Wildman–Crippen MR) is 182 cm³/mol. The number of carbonyl (C=O) groups excluding carboxylic acids is 2. The molecule has 256 valence electrons. The van der Waals surface area contributed by atoms with Crippen LogP contribution < -0.4 is 0 Å². The smallest absolute Gasteiger partial charge is 0.308 e. The first-order valence-corrected chi connectivity index (χ1v) is 19.1. The monoisotopic (exact) mass is 611 g/mol. The Morgan fingerprint density at radius 1 is 0.419 bits per heavy atom. The van der Waals surface area contributed by atoms with Gasteiger partial charge in [0.2, 0.25) is 6.29 Å². The maximum absolute atomic E-state index is 11.9. The second-order valence-electron chi connectivity index (χ2n) is 13.0. The highest BCUT2D eigenvalue weighted by atomic mass is 16.7. The zero-order chi connectivity index (χ0) is 31.5. The van der Waals surface area contributed by atoms with Crippen LogP contribution in [0.2, 0.25) is 0 Å². The molecule has 0 bridgehead atoms. The van der Waals surface area contributed by atoms with E-state index in [0.29, 0.717) is 12.8 Å². The summed E-state index contributed by atoms with van der Waals surface area (Å²) >= 11 is 0. The van der Waals surface area contributed by atoms with E-state index < -0.39 is 12.3 Å². The maximum atomic E-state index is 11.9. The van der Waals surface area contributed by atoms with E-state index in [1.165, 1.54) is 154 Å². The predicted octanol–water partition coefficient (Wildman–Crippen LogP) is 11.9. The number of unbranched alkanes of at least 4 members (excludes halogenated alkanes) is 28. The SMILES string of the molecule is CCCCCCCCCCCCCCCCCC(=O)OCC(O)OC(=O)CCCCCCCCCCCCCCCCC. The van der Waals surface area contributed by atoms with Crippen molar-refractivity contribution in [2.75, 3.05) is 6.61 Å². The lowest BCUT2D eigenvalue weighted by atomic mass is 10.0. The van der Waals surface area contributed by atoms with Crippen LogP contribution in [0, 0.1) is 0 Å². The van der Waals surface area contributed by atoms with Crippen LogP contribution >= 0.6 is 0 Å². The molecule has 0 aliphatic rings. The Kier molecular flexibility index (Phi) is 34.5. The van der Waals surface area contributed by atoms with Crippen molar-refractivity contribution in [1.29, 1.82) is 0 Å². The summed E-state index contributed by atoms with van der Waals surface area (Å²) in [7, 11) is 0. The molecule has 0 spiro atoms. The third-order valence-electron chi connectivity index (χ3n) is 8.62. The molecule has 0 saturated heterocycles. The Morgan fingerprint density at radius 2 is 0.674 bits per heavy atom. The van der Waals surface area contributed by atoms with Gasteiger partial charge in [0.25, 0.3) is 0 Å². The number of aliphatic hydroxyl groups is 1. The molecule has 0 saturated carbocycles. The Hall–Kier alpha value is -1.10. The highest BCUT2D eigenvalue weighted by Gasteiger charge is 2.13. The Labute approximate surface area is 268 Å². The van der Waals surface area contributed by atoms with Gasteiger partial charge in [-0.2, -0.15) is 0 Å². The number of esters is 2. The van der Waals surface area contributed by atoms with Gasteiger partial charge in [-0.05, 0) is 12.8 Å². The molecule has 0 aromatic rings. The van der Waals surface area contributed by atoms with E-state index in [2.05, 4.69) is 13.8 Å². The zero-order valence-electron chi connectivity index (χ0n) is 29.0. The lowest BCUT2D eigenvalue weighted by molar-refractivity contribution is -0.182. The van der Waals surface area contributed by atoms with Gasteiger partial charge in [-0.3, -0.25) is 9.59 Å². The van der Waals surface area contributed by atoms with Crippen molar-refractivity contribution in [1.82, 2.24) is 0 Å². The van der Waals surface area contributed by atoms with Gasteiger partial charge in [0.1, 0.15) is 0 Å². The van der Waals surface area contributed by atoms with Crippen LogP contribution in [0.25, 0.3) is 0 Å². The lowest BCUT2D eigenvalue weighted by Gasteiger charge is -2.12. The van der Waals surface area contributed by atoms with Crippen LogP contribution in [0.15, 0.2) is 0 Å². The summed E-state index contributed by atoms with van der Waals surface area (Å²) < 4.78 is 10.1. The third-order valence-corrected chi connectivity index (χ3v) is 8.62. The molecular formula is C38H74O5. The lowest BCUT2D eigenvalue weighted by Crippen LogP contribution is -2.24. The van der Waals surface area contributed by atoms with Crippen LogP contribution in [0.1, 0.15) is 219 Å². The largest absolute Gasteiger partial charge is 0.459 e. The fourth-order valence-corrected chi connectivity index (χ4v) is 5.76. The summed E-state index contributed by atoms with van der Waals surface area (Å²) in [4.78, 5) is 23.9. The number of rotatable bonds is 35. The van der Waals surface area contributed by atoms with Crippen molar-refractivity contribution in [2.24, 2.45) is 0 Å². The number of hydrogen-bond donors (Lipinski definition) is 1. The molecule has 1 unspecified atom stereocenters. The molecule has 0 aliphatic heterocycles. The molecule has 0 fully saturated rings. The summed E-state index contributed by atoms with van der Waals surface area (Å²) in [5.41, 5.74) is 0. The van der Waals surface area contributed by atoms with Gasteiger partial charge in [0.05, 0.1) is 0 Å². The van der Waals surface area contributed by atoms with Crippen molar-refractivity contribution in [3.63, 3.8) is 0 Å². The normalized spacial score (nSPS) is 12.0. The fourth-order valence-electron chi connectivity index (χ4n) is 5.76. The van der Waals surface area contributed by atoms with E-state index >= 15 is 0 Å². The standard InChI is InChI=1S/C38H74O5/c1-3-5-7-9-11-13-15-17-19-21-23-25-27-29-31-33-36(39)42-35-38(41)43-37(40)34-32-30-28-26-24-22-20-18-16-14-12-10-8-6-4-2/h38,41H,3-35H2,1-2H3. The molecule has 0 aromatic heterocycles. The summed E-state index contributed by atoms with van der Waals surface area (Å²) in [6, 6.07) is 0. The van der Waals surface area contributed by atoms with Crippen LogP contribution in [0.3, 0.4) is 0 Å². The number of carbonyl (C=O) groups is 2. The molecule has 0 rings (SSSR count). The molecule has 1 N–H and O–H groups in total. The highest BCUT2D eigenvalue weighted by molar-refractivity contribution is 5.70. The fraction of sp³-hybridized carbons (Fsp3) is 0.947. The molecule has 0 amide bonds. The summed E-state index contributed by atoms with van der Waals surface area (Å²) in [6.45, 7) is 4.26. The van der Waals surface area contributed by atoms with Crippen LogP contribution in [-0.2, 0) is 19.1 Å². The van der Waals surface area contributed by atoms with Gasteiger partial charge < -0.3 is 14.6 Å². The van der Waals surface area contributed by atoms with Crippen molar-refractivity contribution in [3.8, 4) is 0 Å². The molecule has 0 heterocycles. The zero-order valence-corrected chi connectivity index (χ0v) is 29.0. The minimum Gasteiger partial charge on any atom is -0.459 e. The minimum absolute atomic E-state index is 0.276. The van der Waals surface area contributed by atoms with E-state index in [9.17, 15) is 14.7 Å². The number of hydrogen-bond acceptors (Lipinski definition) is 5. The van der Waals surface area contributed by atoms with E-state index in [1.807, 2.05) is 0 Å². The van der Waals surface area contributed by atoms with E-state index in [0.717, 1.165) is 38.5 Å². The van der Waals surface area contributed by atoms with Gasteiger partial charge in [0, 0.05) is 12.8 Å². The number of ether oxygens (including phenoxy) is 2. The minimum atomic E-state index is -1.37.